The van der Waals surface area contributed by atoms with Gasteiger partial charge in [0.2, 0.25) is 5.91 Å². The zero-order valence-corrected chi connectivity index (χ0v) is 15.9. The molecule has 0 saturated heterocycles. The highest BCUT2D eigenvalue weighted by atomic mass is 35.5. The number of nitrogens with zero attached hydrogens (tertiary/aromatic N) is 1. The molecule has 2 aromatic rings. The molecule has 27 heavy (non-hydrogen) atoms. The molecule has 2 amide bonds. The predicted octanol–water partition coefficient (Wildman–Crippen LogP) is 3.91. The van der Waals surface area contributed by atoms with Gasteiger partial charge in [0.25, 0.3) is 5.91 Å². The number of ether oxygens (including phenoxy) is 1. The fraction of sp³-hybridized carbons (Fsp3) is 0.211. The zero-order chi connectivity index (χ0) is 19.6. The smallest absolute Gasteiger partial charge is 0.340 e. The van der Waals surface area contributed by atoms with Gasteiger partial charge in [-0.25, -0.2) is 4.79 Å². The first-order valence-electron chi connectivity index (χ1n) is 8.20. The summed E-state index contributed by atoms with van der Waals surface area (Å²) in [5, 5.41) is 3.30. The van der Waals surface area contributed by atoms with Crippen LogP contribution in [0.4, 0.5) is 11.4 Å². The second kappa shape index (κ2) is 7.98. The molecular formula is C19H16Cl2N2O4. The lowest BCUT2D eigenvalue weighted by molar-refractivity contribution is -0.122. The minimum absolute atomic E-state index is 0.120. The molecule has 0 radical (unpaired) electrons. The second-order valence-electron chi connectivity index (χ2n) is 6.08. The summed E-state index contributed by atoms with van der Waals surface area (Å²) in [4.78, 5) is 38.4. The first kappa shape index (κ1) is 19.2. The first-order valence-corrected chi connectivity index (χ1v) is 8.95. The van der Waals surface area contributed by atoms with Gasteiger partial charge in [-0.3, -0.25) is 9.59 Å². The Hall–Kier alpha value is -2.57. The lowest BCUT2D eigenvalue weighted by atomic mass is 10.1. The van der Waals surface area contributed by atoms with Gasteiger partial charge < -0.3 is 15.0 Å². The number of anilines is 2. The third-order valence-corrected chi connectivity index (χ3v) is 4.65. The Labute approximate surface area is 166 Å². The summed E-state index contributed by atoms with van der Waals surface area (Å²) in [7, 11) is 0. The second-order valence-corrected chi connectivity index (χ2v) is 6.93. The van der Waals surface area contributed by atoms with Gasteiger partial charge >= 0.3 is 5.97 Å². The van der Waals surface area contributed by atoms with Crippen LogP contribution in [0.15, 0.2) is 42.5 Å². The van der Waals surface area contributed by atoms with Gasteiger partial charge in [0, 0.05) is 17.5 Å². The van der Waals surface area contributed by atoms with Crippen molar-refractivity contribution in [3.8, 4) is 0 Å². The highest BCUT2D eigenvalue weighted by Gasteiger charge is 2.30. The van der Waals surface area contributed by atoms with Gasteiger partial charge in [-0.05, 0) is 37.3 Å². The topological polar surface area (TPSA) is 75.7 Å². The van der Waals surface area contributed by atoms with Gasteiger partial charge in [0.05, 0.1) is 22.0 Å². The van der Waals surface area contributed by atoms with Crippen molar-refractivity contribution >= 4 is 52.4 Å². The largest absolute Gasteiger partial charge is 0.452 e. The minimum Gasteiger partial charge on any atom is -0.452 e. The lowest BCUT2D eigenvalue weighted by Gasteiger charge is -2.27. The lowest BCUT2D eigenvalue weighted by Crippen LogP contribution is -2.41. The number of amides is 2. The number of benzene rings is 2. The van der Waals surface area contributed by atoms with Gasteiger partial charge in [0.1, 0.15) is 0 Å². The zero-order valence-electron chi connectivity index (χ0n) is 14.4. The number of halogens is 2. The number of hydrogen-bond acceptors (Lipinski definition) is 4. The average molecular weight is 407 g/mol. The van der Waals surface area contributed by atoms with Crippen LogP contribution in [0.2, 0.25) is 10.0 Å². The molecule has 1 N–H and O–H groups in total. The molecule has 1 aliphatic rings. The molecule has 0 aromatic heterocycles. The monoisotopic (exact) mass is 406 g/mol. The van der Waals surface area contributed by atoms with E-state index in [-0.39, 0.29) is 29.0 Å². The number of hydrogen-bond donors (Lipinski definition) is 1. The Morgan fingerprint density at radius 2 is 1.96 bits per heavy atom. The van der Waals surface area contributed by atoms with Crippen molar-refractivity contribution in [2.45, 2.75) is 19.4 Å². The fourth-order valence-electron chi connectivity index (χ4n) is 2.90. The first-order chi connectivity index (χ1) is 12.9. The summed E-state index contributed by atoms with van der Waals surface area (Å²) in [6.45, 7) is 1.28. The van der Waals surface area contributed by atoms with Crippen LogP contribution in [0.25, 0.3) is 0 Å². The quantitative estimate of drug-likeness (QED) is 0.783. The molecule has 8 heteroatoms. The third kappa shape index (κ3) is 4.23. The molecule has 0 bridgehead atoms. The van der Waals surface area contributed by atoms with E-state index in [2.05, 4.69) is 5.32 Å². The molecule has 1 heterocycles. The number of fused-ring (bicyclic) bond motifs is 1. The molecule has 2 aromatic carbocycles. The molecule has 1 aliphatic heterocycles. The molecule has 0 spiro atoms. The number of nitrogens with one attached hydrogen (secondary N) is 1. The molecule has 1 atom stereocenters. The van der Waals surface area contributed by atoms with Gasteiger partial charge in [-0.2, -0.15) is 0 Å². The number of esters is 1. The van der Waals surface area contributed by atoms with Crippen molar-refractivity contribution in [1.82, 2.24) is 0 Å². The van der Waals surface area contributed by atoms with Crippen molar-refractivity contribution in [3.05, 3.63) is 58.1 Å². The van der Waals surface area contributed by atoms with E-state index in [9.17, 15) is 14.4 Å². The molecule has 140 valence electrons. The molecule has 0 saturated carbocycles. The van der Waals surface area contributed by atoms with Crippen LogP contribution >= 0.6 is 23.2 Å². The Morgan fingerprint density at radius 3 is 2.70 bits per heavy atom. The summed E-state index contributed by atoms with van der Waals surface area (Å²) >= 11 is 11.8. The van der Waals surface area contributed by atoms with Gasteiger partial charge in [0.15, 0.2) is 6.61 Å². The van der Waals surface area contributed by atoms with E-state index in [0.717, 1.165) is 0 Å². The fourth-order valence-corrected chi connectivity index (χ4v) is 3.38. The van der Waals surface area contributed by atoms with E-state index in [1.54, 1.807) is 31.2 Å². The summed E-state index contributed by atoms with van der Waals surface area (Å²) in [6, 6.07) is 11.0. The van der Waals surface area contributed by atoms with Crippen LogP contribution in [0.3, 0.4) is 0 Å². The Bertz CT molecular complexity index is 916. The maximum absolute atomic E-state index is 12.8. The highest BCUT2D eigenvalue weighted by Crippen LogP contribution is 2.31. The number of carbonyl (C=O) groups excluding carboxylic acids is 3. The SMILES string of the molecule is C[C@H]1CC(=O)Nc2ccccc2N1C(=O)COC(=O)c1ccc(Cl)cc1Cl. The maximum atomic E-state index is 12.8. The van der Waals surface area contributed by atoms with Crippen LogP contribution in [0, 0.1) is 0 Å². The number of carbonyl (C=O) groups is 3. The van der Waals surface area contributed by atoms with Crippen LogP contribution in [0.5, 0.6) is 0 Å². The minimum atomic E-state index is -0.727. The van der Waals surface area contributed by atoms with Gasteiger partial charge in [-0.15, -0.1) is 0 Å². The molecular weight excluding hydrogens is 391 g/mol. The Kier molecular flexibility index (Phi) is 5.68. The van der Waals surface area contributed by atoms with Crippen LogP contribution in [-0.2, 0) is 14.3 Å². The molecule has 0 unspecified atom stereocenters. The van der Waals surface area contributed by atoms with Crippen molar-refractivity contribution in [1.29, 1.82) is 0 Å². The van der Waals surface area contributed by atoms with Gasteiger partial charge in [-0.1, -0.05) is 35.3 Å². The van der Waals surface area contributed by atoms with Crippen LogP contribution in [-0.4, -0.2) is 30.4 Å². The van der Waals surface area contributed by atoms with E-state index < -0.39 is 18.5 Å². The molecule has 6 nitrogen and oxygen atoms in total. The summed E-state index contributed by atoms with van der Waals surface area (Å²) in [6.07, 6.45) is 0.136. The van der Waals surface area contributed by atoms with Crippen molar-refractivity contribution in [2.75, 3.05) is 16.8 Å². The number of rotatable bonds is 3. The van der Waals surface area contributed by atoms with Crippen LogP contribution in [0.1, 0.15) is 23.7 Å². The van der Waals surface area contributed by atoms with E-state index in [4.69, 9.17) is 27.9 Å². The normalized spacial score (nSPS) is 16.2. The van der Waals surface area contributed by atoms with Crippen LogP contribution < -0.4 is 10.2 Å². The Balaban J connectivity index is 1.77. The summed E-state index contributed by atoms with van der Waals surface area (Å²) in [5.41, 5.74) is 1.21. The number of para-hydroxylation sites is 2. The van der Waals surface area contributed by atoms with Crippen molar-refractivity contribution in [3.63, 3.8) is 0 Å². The predicted molar refractivity (Wildman–Crippen MR) is 103 cm³/mol. The van der Waals surface area contributed by atoms with E-state index in [1.165, 1.54) is 23.1 Å². The average Bonchev–Trinajstić information content (AvgIpc) is 2.73. The van der Waals surface area contributed by atoms with Crippen molar-refractivity contribution < 1.29 is 19.1 Å². The van der Waals surface area contributed by atoms with E-state index >= 15 is 0 Å². The standard InChI is InChI=1S/C19H16Cl2N2O4/c1-11-8-17(24)22-15-4-2-3-5-16(15)23(11)18(25)10-27-19(26)13-7-6-12(20)9-14(13)21/h2-7,9,11H,8,10H2,1H3,(H,22,24)/t11-/m0/s1. The van der Waals surface area contributed by atoms with E-state index in [0.29, 0.717) is 16.4 Å². The van der Waals surface area contributed by atoms with E-state index in [1.807, 2.05) is 0 Å². The molecule has 0 aliphatic carbocycles. The Morgan fingerprint density at radius 1 is 1.22 bits per heavy atom. The summed E-state index contributed by atoms with van der Waals surface area (Å²) < 4.78 is 5.13. The highest BCUT2D eigenvalue weighted by molar-refractivity contribution is 6.36. The molecule has 0 fully saturated rings. The molecule has 3 rings (SSSR count). The summed E-state index contributed by atoms with van der Waals surface area (Å²) in [5.74, 6) is -1.35. The van der Waals surface area contributed by atoms with Crippen molar-refractivity contribution in [2.24, 2.45) is 0 Å². The maximum Gasteiger partial charge on any atom is 0.340 e. The third-order valence-electron chi connectivity index (χ3n) is 4.11.